The molecule has 0 amide bonds. The Kier molecular flexibility index (Phi) is 7.50. The molecule has 29 heavy (non-hydrogen) atoms. The third-order valence-electron chi connectivity index (χ3n) is 3.94. The molecule has 0 bridgehead atoms. The normalized spacial score (nSPS) is 12.1. The molecule has 0 radical (unpaired) electrons. The molecule has 10 heteroatoms. The minimum absolute atomic E-state index is 0.108. The van der Waals surface area contributed by atoms with Crippen LogP contribution in [0.2, 0.25) is 5.02 Å². The molecule has 1 aromatic heterocycles. The van der Waals surface area contributed by atoms with Crippen LogP contribution in [0.4, 0.5) is 22.0 Å². The van der Waals surface area contributed by atoms with E-state index >= 15 is 0 Å². The van der Waals surface area contributed by atoms with Gasteiger partial charge in [0.2, 0.25) is 0 Å². The van der Waals surface area contributed by atoms with Crippen molar-refractivity contribution >= 4 is 29.3 Å². The van der Waals surface area contributed by atoms with E-state index in [0.29, 0.717) is 9.92 Å². The highest BCUT2D eigenvalue weighted by atomic mass is 35.5. The maximum atomic E-state index is 13.6. The van der Waals surface area contributed by atoms with Crippen molar-refractivity contribution in [2.24, 2.45) is 5.92 Å². The van der Waals surface area contributed by atoms with Crippen molar-refractivity contribution in [3.63, 3.8) is 0 Å². The summed E-state index contributed by atoms with van der Waals surface area (Å²) in [6.45, 7) is 3.33. The van der Waals surface area contributed by atoms with Gasteiger partial charge in [-0.05, 0) is 47.7 Å². The van der Waals surface area contributed by atoms with Crippen molar-refractivity contribution in [3.8, 4) is 0 Å². The Morgan fingerprint density at radius 3 is 2.21 bits per heavy atom. The average molecular weight is 454 g/mol. The second-order valence-corrected chi connectivity index (χ2v) is 8.11. The molecule has 0 fully saturated rings. The Morgan fingerprint density at radius 1 is 1.17 bits per heavy atom. The summed E-state index contributed by atoms with van der Waals surface area (Å²) in [7, 11) is 0. The predicted octanol–water partition coefficient (Wildman–Crippen LogP) is 6.88. The number of aromatic carboxylic acids is 1. The lowest BCUT2D eigenvalue weighted by Crippen LogP contribution is -2.21. The third-order valence-corrected chi connectivity index (χ3v) is 5.23. The van der Waals surface area contributed by atoms with Crippen LogP contribution in [0.25, 0.3) is 0 Å². The van der Waals surface area contributed by atoms with E-state index in [2.05, 4.69) is 4.98 Å². The van der Waals surface area contributed by atoms with E-state index in [4.69, 9.17) is 11.6 Å². The van der Waals surface area contributed by atoms with E-state index in [1.165, 1.54) is 0 Å². The van der Waals surface area contributed by atoms with Gasteiger partial charge < -0.3 is 5.11 Å². The summed E-state index contributed by atoms with van der Waals surface area (Å²) in [5, 5.41) is 9.91. The number of nitrogens with zero attached hydrogens (tertiary/aromatic N) is 1. The molecule has 0 saturated carbocycles. The summed E-state index contributed by atoms with van der Waals surface area (Å²) < 4.78 is 67.7. The maximum Gasteiger partial charge on any atom is 0.433 e. The van der Waals surface area contributed by atoms with Crippen molar-refractivity contribution in [1.82, 2.24) is 4.98 Å². The number of hydrogen-bond donors (Lipinski definition) is 1. The minimum atomic E-state index is -5.01. The van der Waals surface area contributed by atoms with Gasteiger partial charge in [-0.3, -0.25) is 0 Å². The van der Waals surface area contributed by atoms with Crippen LogP contribution < -0.4 is 0 Å². The van der Waals surface area contributed by atoms with Crippen molar-refractivity contribution in [2.45, 2.75) is 43.5 Å². The fourth-order valence-electron chi connectivity index (χ4n) is 2.80. The number of rotatable bonds is 7. The number of carboxylic acid groups (broad SMARTS) is 1. The summed E-state index contributed by atoms with van der Waals surface area (Å²) in [6, 6.07) is 6.32. The number of aromatic nitrogens is 1. The molecular formula is C19H17ClF5NO2S. The molecule has 0 aliphatic heterocycles. The fraction of sp³-hybridized carbons (Fsp3) is 0.368. The highest BCUT2D eigenvalue weighted by molar-refractivity contribution is 7.98. The van der Waals surface area contributed by atoms with Gasteiger partial charge in [0.25, 0.3) is 6.43 Å². The van der Waals surface area contributed by atoms with E-state index in [-0.39, 0.29) is 23.7 Å². The van der Waals surface area contributed by atoms with Gasteiger partial charge in [0.1, 0.15) is 11.4 Å². The zero-order valence-electron chi connectivity index (χ0n) is 15.4. The molecule has 1 N–H and O–H groups in total. The van der Waals surface area contributed by atoms with Crippen LogP contribution in [-0.4, -0.2) is 16.1 Å². The Bertz CT molecular complexity index is 886. The Labute approximate surface area is 173 Å². The lowest BCUT2D eigenvalue weighted by Gasteiger charge is -2.21. The number of benzene rings is 1. The van der Waals surface area contributed by atoms with Crippen molar-refractivity contribution in [2.75, 3.05) is 0 Å². The van der Waals surface area contributed by atoms with E-state index in [1.807, 2.05) is 0 Å². The number of hydrogen-bond acceptors (Lipinski definition) is 3. The summed E-state index contributed by atoms with van der Waals surface area (Å²) >= 11 is 6.80. The first-order chi connectivity index (χ1) is 13.4. The molecular weight excluding hydrogens is 437 g/mol. The second kappa shape index (κ2) is 9.30. The SMILES string of the molecule is CC(C)Cc1c(CSc2ccc(Cl)cc2)c(C(F)(F)F)nc(C(F)F)c1C(=O)O. The molecule has 0 unspecified atom stereocenters. The average Bonchev–Trinajstić information content (AvgIpc) is 2.59. The third kappa shape index (κ3) is 5.82. The molecule has 0 saturated heterocycles. The van der Waals surface area contributed by atoms with E-state index < -0.39 is 41.1 Å². The van der Waals surface area contributed by atoms with E-state index in [0.717, 1.165) is 11.8 Å². The van der Waals surface area contributed by atoms with Gasteiger partial charge >= 0.3 is 12.1 Å². The number of halogens is 6. The molecule has 0 atom stereocenters. The van der Waals surface area contributed by atoms with Crippen LogP contribution in [0, 0.1) is 5.92 Å². The molecule has 0 spiro atoms. The monoisotopic (exact) mass is 453 g/mol. The Morgan fingerprint density at radius 2 is 1.76 bits per heavy atom. The number of carbonyl (C=O) groups is 1. The first-order valence-corrected chi connectivity index (χ1v) is 9.80. The number of thioether (sulfide) groups is 1. The van der Waals surface area contributed by atoms with E-state index in [9.17, 15) is 31.9 Å². The molecule has 3 nitrogen and oxygen atoms in total. The molecule has 158 valence electrons. The van der Waals surface area contributed by atoms with Gasteiger partial charge in [-0.2, -0.15) is 13.2 Å². The van der Waals surface area contributed by atoms with Crippen molar-refractivity contribution < 1.29 is 31.9 Å². The lowest BCUT2D eigenvalue weighted by molar-refractivity contribution is -0.142. The molecule has 2 aromatic rings. The van der Waals surface area contributed by atoms with Crippen molar-refractivity contribution in [1.29, 1.82) is 0 Å². The van der Waals surface area contributed by atoms with Gasteiger partial charge in [0.05, 0.1) is 5.56 Å². The van der Waals surface area contributed by atoms with Crippen LogP contribution in [-0.2, 0) is 18.3 Å². The van der Waals surface area contributed by atoms with Crippen LogP contribution >= 0.6 is 23.4 Å². The maximum absolute atomic E-state index is 13.6. The minimum Gasteiger partial charge on any atom is -0.478 e. The Hall–Kier alpha value is -1.87. The standard InChI is InChI=1S/C19H17ClF5NO2S/c1-9(2)7-12-13(8-29-11-5-3-10(20)4-6-11)16(19(23,24)25)26-15(17(21)22)14(12)18(27)28/h3-6,9,17H,7-8H2,1-2H3,(H,27,28). The predicted molar refractivity (Wildman–Crippen MR) is 101 cm³/mol. The number of alkyl halides is 5. The second-order valence-electron chi connectivity index (χ2n) is 6.62. The summed E-state index contributed by atoms with van der Waals surface area (Å²) in [6.07, 6.45) is -8.57. The Balaban J connectivity index is 2.70. The molecule has 1 aromatic carbocycles. The summed E-state index contributed by atoms with van der Waals surface area (Å²) in [5.74, 6) is -2.27. The summed E-state index contributed by atoms with van der Waals surface area (Å²) in [5.41, 5.74) is -4.34. The highest BCUT2D eigenvalue weighted by Gasteiger charge is 2.40. The van der Waals surface area contributed by atoms with Gasteiger partial charge in [-0.15, -0.1) is 11.8 Å². The molecule has 0 aliphatic rings. The first kappa shape index (κ1) is 23.4. The lowest BCUT2D eigenvalue weighted by atomic mass is 9.91. The van der Waals surface area contributed by atoms with Gasteiger partial charge in [0.15, 0.2) is 0 Å². The molecule has 2 rings (SSSR count). The van der Waals surface area contributed by atoms with Crippen LogP contribution in [0.15, 0.2) is 29.2 Å². The van der Waals surface area contributed by atoms with Crippen LogP contribution in [0.5, 0.6) is 0 Å². The molecule has 1 heterocycles. The zero-order valence-corrected chi connectivity index (χ0v) is 16.9. The zero-order chi connectivity index (χ0) is 21.9. The van der Waals surface area contributed by atoms with Gasteiger partial charge in [0, 0.05) is 15.7 Å². The number of pyridine rings is 1. The first-order valence-electron chi connectivity index (χ1n) is 8.44. The molecule has 0 aliphatic carbocycles. The van der Waals surface area contributed by atoms with Crippen LogP contribution in [0.3, 0.4) is 0 Å². The van der Waals surface area contributed by atoms with Crippen LogP contribution in [0.1, 0.15) is 53.1 Å². The van der Waals surface area contributed by atoms with E-state index in [1.54, 1.807) is 38.1 Å². The smallest absolute Gasteiger partial charge is 0.433 e. The van der Waals surface area contributed by atoms with Gasteiger partial charge in [-0.1, -0.05) is 25.4 Å². The summed E-state index contributed by atoms with van der Waals surface area (Å²) in [4.78, 5) is 15.3. The fourth-order valence-corrected chi connectivity index (χ4v) is 3.88. The van der Waals surface area contributed by atoms with Gasteiger partial charge in [-0.25, -0.2) is 18.6 Å². The van der Waals surface area contributed by atoms with Crippen molar-refractivity contribution in [3.05, 3.63) is 57.4 Å². The highest BCUT2D eigenvalue weighted by Crippen LogP contribution is 2.40. The topological polar surface area (TPSA) is 50.2 Å². The number of carboxylic acids is 1. The quantitative estimate of drug-likeness (QED) is 0.366. The largest absolute Gasteiger partial charge is 0.478 e.